The number of amides is 1. The molecule has 2 aromatic carbocycles. The fraction of sp³-hybridized carbons (Fsp3) is 0.188. The third-order valence-electron chi connectivity index (χ3n) is 3.10. The van der Waals surface area contributed by atoms with E-state index in [-0.39, 0.29) is 29.3 Å². The van der Waals surface area contributed by atoms with E-state index in [1.807, 2.05) is 0 Å². The van der Waals surface area contributed by atoms with E-state index in [4.69, 9.17) is 0 Å². The number of alkyl halides is 2. The molecule has 1 amide bonds. The summed E-state index contributed by atoms with van der Waals surface area (Å²) in [7, 11) is -3.63. The quantitative estimate of drug-likeness (QED) is 0.696. The molecule has 2 N–H and O–H groups in total. The average Bonchev–Trinajstić information content (AvgIpc) is 2.59. The van der Waals surface area contributed by atoms with Crippen LogP contribution in [0.25, 0.3) is 0 Å². The molecule has 0 bridgehead atoms. The number of carbonyl (C=O) groups excluding carboxylic acids is 1. The first kappa shape index (κ1) is 18.8. The van der Waals surface area contributed by atoms with Crippen molar-refractivity contribution in [3.8, 4) is 5.75 Å². The summed E-state index contributed by atoms with van der Waals surface area (Å²) in [6.07, 6.45) is 0. The first-order chi connectivity index (χ1) is 11.9. The molecule has 134 valence electrons. The molecule has 0 heterocycles. The van der Waals surface area contributed by atoms with Crippen LogP contribution in [0.3, 0.4) is 0 Å². The molecule has 0 saturated heterocycles. The minimum atomic E-state index is -3.63. The van der Waals surface area contributed by atoms with Crippen molar-refractivity contribution in [1.29, 1.82) is 0 Å². The van der Waals surface area contributed by atoms with Gasteiger partial charge in [0.2, 0.25) is 10.0 Å². The summed E-state index contributed by atoms with van der Waals surface area (Å²) in [5.41, 5.74) is 0.243. The van der Waals surface area contributed by atoms with Gasteiger partial charge in [0, 0.05) is 18.7 Å². The van der Waals surface area contributed by atoms with Gasteiger partial charge in [0.15, 0.2) is 0 Å². The number of hydrogen-bond acceptors (Lipinski definition) is 4. The maximum Gasteiger partial charge on any atom is 0.387 e. The van der Waals surface area contributed by atoms with Gasteiger partial charge in [0.1, 0.15) is 5.75 Å². The van der Waals surface area contributed by atoms with Crippen LogP contribution in [0, 0.1) is 0 Å². The van der Waals surface area contributed by atoms with Crippen LogP contribution in [0.15, 0.2) is 59.5 Å². The fourth-order valence-electron chi connectivity index (χ4n) is 1.93. The molecule has 0 spiro atoms. The topological polar surface area (TPSA) is 84.5 Å². The molecule has 0 radical (unpaired) electrons. The van der Waals surface area contributed by atoms with E-state index < -0.39 is 22.5 Å². The van der Waals surface area contributed by atoms with Gasteiger partial charge in [-0.15, -0.1) is 0 Å². The van der Waals surface area contributed by atoms with E-state index in [2.05, 4.69) is 14.8 Å². The zero-order valence-corrected chi connectivity index (χ0v) is 13.8. The Labute approximate surface area is 143 Å². The predicted octanol–water partition coefficient (Wildman–Crippen LogP) is 2.00. The third kappa shape index (κ3) is 5.80. The van der Waals surface area contributed by atoms with E-state index in [1.165, 1.54) is 36.4 Å². The molecule has 0 aromatic heterocycles. The molecule has 2 aromatic rings. The van der Waals surface area contributed by atoms with Crippen LogP contribution in [0.5, 0.6) is 5.75 Å². The third-order valence-corrected chi connectivity index (χ3v) is 4.57. The van der Waals surface area contributed by atoms with Crippen LogP contribution in [-0.4, -0.2) is 34.0 Å². The highest BCUT2D eigenvalue weighted by atomic mass is 32.2. The van der Waals surface area contributed by atoms with Gasteiger partial charge in [-0.1, -0.05) is 18.2 Å². The van der Waals surface area contributed by atoms with Crippen LogP contribution in [-0.2, 0) is 10.0 Å². The normalized spacial score (nSPS) is 11.3. The lowest BCUT2D eigenvalue weighted by Gasteiger charge is -2.09. The van der Waals surface area contributed by atoms with Crippen LogP contribution in [0.4, 0.5) is 8.78 Å². The van der Waals surface area contributed by atoms with Gasteiger partial charge in [0.25, 0.3) is 5.91 Å². The molecule has 0 saturated carbocycles. The van der Waals surface area contributed by atoms with Crippen LogP contribution < -0.4 is 14.8 Å². The second kappa shape index (κ2) is 8.54. The smallest absolute Gasteiger partial charge is 0.387 e. The number of halogens is 2. The van der Waals surface area contributed by atoms with Crippen LogP contribution >= 0.6 is 0 Å². The lowest BCUT2D eigenvalue weighted by molar-refractivity contribution is -0.0498. The molecular formula is C16H16F2N2O4S. The molecule has 6 nitrogen and oxygen atoms in total. The second-order valence-electron chi connectivity index (χ2n) is 4.87. The van der Waals surface area contributed by atoms with E-state index in [0.29, 0.717) is 0 Å². The lowest BCUT2D eigenvalue weighted by atomic mass is 10.2. The molecule has 0 aliphatic heterocycles. The van der Waals surface area contributed by atoms with Crippen molar-refractivity contribution in [2.75, 3.05) is 13.1 Å². The summed E-state index contributed by atoms with van der Waals surface area (Å²) in [6, 6.07) is 13.0. The molecule has 25 heavy (non-hydrogen) atoms. The number of rotatable bonds is 8. The molecule has 2 rings (SSSR count). The van der Waals surface area contributed by atoms with Gasteiger partial charge in [-0.2, -0.15) is 8.78 Å². The number of sulfonamides is 1. The van der Waals surface area contributed by atoms with Crippen molar-refractivity contribution >= 4 is 15.9 Å². The van der Waals surface area contributed by atoms with Gasteiger partial charge in [-0.05, 0) is 36.4 Å². The number of carbonyl (C=O) groups is 1. The van der Waals surface area contributed by atoms with Crippen LogP contribution in [0.2, 0.25) is 0 Å². The Kier molecular flexibility index (Phi) is 6.43. The Hall–Kier alpha value is -2.52. The average molecular weight is 370 g/mol. The van der Waals surface area contributed by atoms with Crippen molar-refractivity contribution in [2.24, 2.45) is 0 Å². The minimum absolute atomic E-state index is 0.00947. The van der Waals surface area contributed by atoms with Crippen molar-refractivity contribution in [2.45, 2.75) is 11.5 Å². The zero-order chi connectivity index (χ0) is 18.3. The molecule has 0 unspecified atom stereocenters. The fourth-order valence-corrected chi connectivity index (χ4v) is 2.99. The largest absolute Gasteiger partial charge is 0.435 e. The van der Waals surface area contributed by atoms with Gasteiger partial charge >= 0.3 is 6.61 Å². The Balaban J connectivity index is 1.80. The highest BCUT2D eigenvalue weighted by Gasteiger charge is 2.13. The lowest BCUT2D eigenvalue weighted by Crippen LogP contribution is -2.34. The highest BCUT2D eigenvalue weighted by molar-refractivity contribution is 7.89. The number of ether oxygens (including phenoxy) is 1. The minimum Gasteiger partial charge on any atom is -0.435 e. The van der Waals surface area contributed by atoms with Crippen molar-refractivity contribution < 1.29 is 26.7 Å². The van der Waals surface area contributed by atoms with Gasteiger partial charge < -0.3 is 10.1 Å². The van der Waals surface area contributed by atoms with Crippen molar-refractivity contribution in [3.63, 3.8) is 0 Å². The SMILES string of the molecule is O=C(NCCNS(=O)(=O)c1ccccc1)c1ccc(OC(F)F)cc1. The molecular weight excluding hydrogens is 354 g/mol. The second-order valence-corrected chi connectivity index (χ2v) is 6.64. The summed E-state index contributed by atoms with van der Waals surface area (Å²) in [6.45, 7) is -2.85. The Bertz CT molecular complexity index is 797. The summed E-state index contributed by atoms with van der Waals surface area (Å²) < 4.78 is 54.6. The molecule has 0 aliphatic rings. The van der Waals surface area contributed by atoms with E-state index in [9.17, 15) is 22.0 Å². The Morgan fingerprint density at radius 1 is 1.00 bits per heavy atom. The summed E-state index contributed by atoms with van der Waals surface area (Å²) >= 11 is 0. The number of hydrogen-bond donors (Lipinski definition) is 2. The summed E-state index contributed by atoms with van der Waals surface area (Å²) in [4.78, 5) is 12.0. The van der Waals surface area contributed by atoms with Gasteiger partial charge in [-0.3, -0.25) is 4.79 Å². The summed E-state index contributed by atoms with van der Waals surface area (Å²) in [5.74, 6) is -0.510. The summed E-state index contributed by atoms with van der Waals surface area (Å²) in [5, 5.41) is 2.53. The van der Waals surface area contributed by atoms with Crippen LogP contribution in [0.1, 0.15) is 10.4 Å². The number of benzene rings is 2. The van der Waals surface area contributed by atoms with Crippen molar-refractivity contribution in [3.05, 3.63) is 60.2 Å². The first-order valence-corrected chi connectivity index (χ1v) is 8.74. The van der Waals surface area contributed by atoms with E-state index >= 15 is 0 Å². The molecule has 0 aliphatic carbocycles. The van der Waals surface area contributed by atoms with Gasteiger partial charge in [-0.25, -0.2) is 13.1 Å². The van der Waals surface area contributed by atoms with E-state index in [0.717, 1.165) is 0 Å². The maximum atomic E-state index is 12.0. The Morgan fingerprint density at radius 2 is 1.64 bits per heavy atom. The molecule has 0 fully saturated rings. The predicted molar refractivity (Wildman–Crippen MR) is 87.0 cm³/mol. The first-order valence-electron chi connectivity index (χ1n) is 7.26. The Morgan fingerprint density at radius 3 is 2.24 bits per heavy atom. The monoisotopic (exact) mass is 370 g/mol. The maximum absolute atomic E-state index is 12.0. The highest BCUT2D eigenvalue weighted by Crippen LogP contribution is 2.14. The zero-order valence-electron chi connectivity index (χ0n) is 13.0. The molecule has 9 heteroatoms. The van der Waals surface area contributed by atoms with E-state index in [1.54, 1.807) is 18.2 Å². The van der Waals surface area contributed by atoms with Crippen molar-refractivity contribution in [1.82, 2.24) is 10.0 Å². The standard InChI is InChI=1S/C16H16F2N2O4S/c17-16(18)24-13-8-6-12(7-9-13)15(21)19-10-11-20-25(22,23)14-4-2-1-3-5-14/h1-9,16,20H,10-11H2,(H,19,21). The number of nitrogens with one attached hydrogen (secondary N) is 2. The van der Waals surface area contributed by atoms with Gasteiger partial charge in [0.05, 0.1) is 4.90 Å². The molecule has 0 atom stereocenters.